The van der Waals surface area contributed by atoms with Crippen LogP contribution in [-0.2, 0) is 4.79 Å². The van der Waals surface area contributed by atoms with E-state index in [1.165, 1.54) is 71.0 Å². The van der Waals surface area contributed by atoms with Crippen molar-refractivity contribution in [2.24, 2.45) is 5.41 Å². The van der Waals surface area contributed by atoms with E-state index in [2.05, 4.69) is 9.80 Å². The number of fused-ring (bicyclic) bond motifs is 1. The molecule has 3 heteroatoms. The first kappa shape index (κ1) is 13.6. The zero-order valence-electron chi connectivity index (χ0n) is 12.1. The maximum Gasteiger partial charge on any atom is 0.127 e. The van der Waals surface area contributed by atoms with Crippen molar-refractivity contribution < 1.29 is 4.79 Å². The van der Waals surface area contributed by atoms with Crippen molar-refractivity contribution in [2.45, 2.75) is 57.4 Å². The van der Waals surface area contributed by atoms with Gasteiger partial charge in [0.15, 0.2) is 0 Å². The fraction of sp³-hybridized carbons (Fsp3) is 0.938. The highest BCUT2D eigenvalue weighted by atomic mass is 16.1. The molecule has 19 heavy (non-hydrogen) atoms. The second-order valence-corrected chi connectivity index (χ2v) is 6.96. The number of nitrogens with zero attached hydrogens (tertiary/aromatic N) is 2. The Morgan fingerprint density at radius 2 is 1.79 bits per heavy atom. The van der Waals surface area contributed by atoms with Crippen LogP contribution in [0.25, 0.3) is 0 Å². The molecule has 3 fully saturated rings. The van der Waals surface area contributed by atoms with Gasteiger partial charge in [-0.15, -0.1) is 0 Å². The monoisotopic (exact) mass is 264 g/mol. The van der Waals surface area contributed by atoms with E-state index in [1.54, 1.807) is 0 Å². The van der Waals surface area contributed by atoms with Gasteiger partial charge >= 0.3 is 0 Å². The van der Waals surface area contributed by atoms with Crippen LogP contribution in [0.5, 0.6) is 0 Å². The molecule has 1 aliphatic carbocycles. The number of hydrogen-bond acceptors (Lipinski definition) is 3. The van der Waals surface area contributed by atoms with Crippen molar-refractivity contribution in [3.8, 4) is 0 Å². The molecule has 2 heterocycles. The van der Waals surface area contributed by atoms with Gasteiger partial charge in [0, 0.05) is 37.6 Å². The number of rotatable bonds is 3. The van der Waals surface area contributed by atoms with Crippen LogP contribution in [0.2, 0.25) is 0 Å². The molecule has 1 saturated carbocycles. The van der Waals surface area contributed by atoms with Crippen LogP contribution in [0.4, 0.5) is 0 Å². The molecule has 0 spiro atoms. The molecular formula is C16H28N2O. The van der Waals surface area contributed by atoms with E-state index in [0.29, 0.717) is 0 Å². The summed E-state index contributed by atoms with van der Waals surface area (Å²) < 4.78 is 0. The highest BCUT2D eigenvalue weighted by Gasteiger charge is 2.36. The summed E-state index contributed by atoms with van der Waals surface area (Å²) in [5.74, 6) is 0. The van der Waals surface area contributed by atoms with Gasteiger partial charge in [0.1, 0.15) is 6.29 Å². The third-order valence-corrected chi connectivity index (χ3v) is 5.56. The average Bonchev–Trinajstić information content (AvgIpc) is 2.77. The van der Waals surface area contributed by atoms with E-state index in [-0.39, 0.29) is 5.41 Å². The standard InChI is InChI=1S/C16H28N2O/c19-14-16(7-3-1-2-4-8-16)13-17-10-11-18-9-5-6-15(18)12-17/h14-15H,1-13H2. The van der Waals surface area contributed by atoms with Crippen molar-refractivity contribution in [3.63, 3.8) is 0 Å². The lowest BCUT2D eigenvalue weighted by molar-refractivity contribution is -0.118. The number of carbonyl (C=O) groups excluding carboxylic acids is 1. The van der Waals surface area contributed by atoms with Crippen LogP contribution in [-0.4, -0.2) is 54.9 Å². The van der Waals surface area contributed by atoms with Crippen LogP contribution < -0.4 is 0 Å². The smallest absolute Gasteiger partial charge is 0.127 e. The first-order chi connectivity index (χ1) is 9.31. The Hall–Kier alpha value is -0.410. The minimum atomic E-state index is -0.0166. The molecule has 3 nitrogen and oxygen atoms in total. The van der Waals surface area contributed by atoms with Crippen molar-refractivity contribution in [1.82, 2.24) is 9.80 Å². The van der Waals surface area contributed by atoms with Crippen LogP contribution in [0, 0.1) is 5.41 Å². The Morgan fingerprint density at radius 3 is 2.53 bits per heavy atom. The minimum Gasteiger partial charge on any atom is -0.303 e. The first-order valence-corrected chi connectivity index (χ1v) is 8.24. The van der Waals surface area contributed by atoms with Gasteiger partial charge in [-0.3, -0.25) is 9.80 Å². The van der Waals surface area contributed by atoms with Gasteiger partial charge in [0.2, 0.25) is 0 Å². The lowest BCUT2D eigenvalue weighted by atomic mass is 9.81. The van der Waals surface area contributed by atoms with Gasteiger partial charge in [-0.1, -0.05) is 25.7 Å². The molecule has 1 atom stereocenters. The molecule has 2 aliphatic heterocycles. The van der Waals surface area contributed by atoms with Crippen LogP contribution in [0.15, 0.2) is 0 Å². The second kappa shape index (κ2) is 5.92. The molecule has 1 unspecified atom stereocenters. The van der Waals surface area contributed by atoms with E-state index in [4.69, 9.17) is 0 Å². The Balaban J connectivity index is 1.60. The molecule has 0 aromatic carbocycles. The Morgan fingerprint density at radius 1 is 1.00 bits per heavy atom. The molecule has 0 N–H and O–H groups in total. The third kappa shape index (κ3) is 3.03. The normalized spacial score (nSPS) is 32.7. The first-order valence-electron chi connectivity index (χ1n) is 8.24. The van der Waals surface area contributed by atoms with Crippen LogP contribution in [0.3, 0.4) is 0 Å². The van der Waals surface area contributed by atoms with E-state index >= 15 is 0 Å². The van der Waals surface area contributed by atoms with Crippen LogP contribution in [0.1, 0.15) is 51.4 Å². The average molecular weight is 264 g/mol. The SMILES string of the molecule is O=CC1(CN2CCN3CCCC3C2)CCCCCC1. The van der Waals surface area contributed by atoms with E-state index in [9.17, 15) is 4.79 Å². The second-order valence-electron chi connectivity index (χ2n) is 6.96. The van der Waals surface area contributed by atoms with Crippen molar-refractivity contribution in [3.05, 3.63) is 0 Å². The Bertz CT molecular complexity index is 310. The van der Waals surface area contributed by atoms with E-state index in [1.807, 2.05) is 0 Å². The summed E-state index contributed by atoms with van der Waals surface area (Å²) in [5.41, 5.74) is -0.0166. The molecule has 0 amide bonds. The lowest BCUT2D eigenvalue weighted by Crippen LogP contribution is -2.53. The molecule has 0 radical (unpaired) electrons. The molecule has 0 bridgehead atoms. The topological polar surface area (TPSA) is 23.6 Å². The molecule has 3 aliphatic rings. The predicted octanol–water partition coefficient (Wildman–Crippen LogP) is 2.31. The summed E-state index contributed by atoms with van der Waals surface area (Å²) in [4.78, 5) is 16.9. The lowest BCUT2D eigenvalue weighted by Gasteiger charge is -2.41. The summed E-state index contributed by atoms with van der Waals surface area (Å²) in [6.45, 7) is 5.93. The Labute approximate surface area is 117 Å². The quantitative estimate of drug-likeness (QED) is 0.577. The predicted molar refractivity (Wildman–Crippen MR) is 77.2 cm³/mol. The van der Waals surface area contributed by atoms with Crippen molar-refractivity contribution in [1.29, 1.82) is 0 Å². The molecule has 0 aromatic heterocycles. The van der Waals surface area contributed by atoms with Gasteiger partial charge in [0.25, 0.3) is 0 Å². The van der Waals surface area contributed by atoms with Crippen molar-refractivity contribution >= 4 is 6.29 Å². The maximum absolute atomic E-state index is 11.7. The minimum absolute atomic E-state index is 0.0166. The van der Waals surface area contributed by atoms with Gasteiger partial charge in [-0.25, -0.2) is 0 Å². The highest BCUT2D eigenvalue weighted by molar-refractivity contribution is 5.59. The van der Waals surface area contributed by atoms with Gasteiger partial charge in [-0.05, 0) is 32.2 Å². The third-order valence-electron chi connectivity index (χ3n) is 5.56. The zero-order valence-corrected chi connectivity index (χ0v) is 12.1. The maximum atomic E-state index is 11.7. The molecular weight excluding hydrogens is 236 g/mol. The highest BCUT2D eigenvalue weighted by Crippen LogP contribution is 2.35. The van der Waals surface area contributed by atoms with Crippen molar-refractivity contribution in [2.75, 3.05) is 32.7 Å². The Kier molecular flexibility index (Phi) is 4.23. The van der Waals surface area contributed by atoms with Gasteiger partial charge in [0.05, 0.1) is 0 Å². The number of hydrogen-bond donors (Lipinski definition) is 0. The summed E-state index contributed by atoms with van der Waals surface area (Å²) in [6.07, 6.45) is 11.5. The number of piperazine rings is 1. The molecule has 3 rings (SSSR count). The fourth-order valence-electron chi connectivity index (χ4n) is 4.39. The molecule has 108 valence electrons. The fourth-order valence-corrected chi connectivity index (χ4v) is 4.39. The summed E-state index contributed by atoms with van der Waals surface area (Å²) >= 11 is 0. The van der Waals surface area contributed by atoms with E-state index < -0.39 is 0 Å². The summed E-state index contributed by atoms with van der Waals surface area (Å²) in [7, 11) is 0. The van der Waals surface area contributed by atoms with Gasteiger partial charge in [-0.2, -0.15) is 0 Å². The van der Waals surface area contributed by atoms with Crippen LogP contribution >= 0.6 is 0 Å². The largest absolute Gasteiger partial charge is 0.303 e. The summed E-state index contributed by atoms with van der Waals surface area (Å²) in [6, 6.07) is 0.781. The number of carbonyl (C=O) groups is 1. The zero-order chi connectivity index (χ0) is 13.1. The summed E-state index contributed by atoms with van der Waals surface area (Å²) in [5, 5.41) is 0. The molecule has 0 aromatic rings. The van der Waals surface area contributed by atoms with Gasteiger partial charge < -0.3 is 4.79 Å². The number of aldehydes is 1. The van der Waals surface area contributed by atoms with E-state index in [0.717, 1.165) is 25.4 Å². The molecule has 2 saturated heterocycles.